The number of hydrogen-bond acceptors (Lipinski definition) is 4. The summed E-state index contributed by atoms with van der Waals surface area (Å²) in [5, 5.41) is 0. The van der Waals surface area contributed by atoms with Gasteiger partial charge in [0.15, 0.2) is 0 Å². The number of hydrogen-bond donors (Lipinski definition) is 0. The van der Waals surface area contributed by atoms with E-state index in [-0.39, 0.29) is 18.6 Å². The molecule has 3 heterocycles. The minimum absolute atomic E-state index is 0.0961. The molecule has 2 fully saturated rings. The zero-order chi connectivity index (χ0) is 14.8. The molecule has 1 aromatic heterocycles. The predicted molar refractivity (Wildman–Crippen MR) is 79.7 cm³/mol. The average Bonchev–Trinajstić information content (AvgIpc) is 2.59. The maximum absolute atomic E-state index is 11.7. The van der Waals surface area contributed by atoms with Crippen LogP contribution in [0.5, 0.6) is 0 Å². The third kappa shape index (κ3) is 3.41. The Labute approximate surface area is 125 Å². The molecule has 114 valence electrons. The number of aromatic nitrogens is 1. The minimum atomic E-state index is 0.0961. The summed E-state index contributed by atoms with van der Waals surface area (Å²) in [6.45, 7) is 6.03. The third-order valence-corrected chi connectivity index (χ3v) is 4.44. The number of piperidine rings is 1. The maximum Gasteiger partial charge on any atom is 0.248 e. The summed E-state index contributed by atoms with van der Waals surface area (Å²) < 4.78 is 5.78. The SMILES string of the molecule is Cc1cncc(CN2CC[C@@H]3OCC(=O)N(C)C[C@H]3C2)c1. The van der Waals surface area contributed by atoms with E-state index in [4.69, 9.17) is 4.74 Å². The number of rotatable bonds is 2. The lowest BCUT2D eigenvalue weighted by Crippen LogP contribution is -2.46. The van der Waals surface area contributed by atoms with Crippen molar-refractivity contribution >= 4 is 5.91 Å². The number of ether oxygens (including phenoxy) is 1. The van der Waals surface area contributed by atoms with Crippen LogP contribution in [0.15, 0.2) is 18.5 Å². The van der Waals surface area contributed by atoms with Crippen molar-refractivity contribution in [1.82, 2.24) is 14.8 Å². The van der Waals surface area contributed by atoms with E-state index in [2.05, 4.69) is 22.9 Å². The number of likely N-dealkylation sites (tertiary alicyclic amines) is 1. The van der Waals surface area contributed by atoms with Crippen LogP contribution in [0.25, 0.3) is 0 Å². The van der Waals surface area contributed by atoms with E-state index in [0.717, 1.165) is 32.6 Å². The molecule has 1 aromatic rings. The summed E-state index contributed by atoms with van der Waals surface area (Å²) in [5.41, 5.74) is 2.46. The molecule has 0 aromatic carbocycles. The molecule has 1 amide bonds. The van der Waals surface area contributed by atoms with Gasteiger partial charge in [-0.2, -0.15) is 0 Å². The summed E-state index contributed by atoms with van der Waals surface area (Å²) in [7, 11) is 1.87. The highest BCUT2D eigenvalue weighted by atomic mass is 16.5. The molecule has 2 atom stereocenters. The largest absolute Gasteiger partial charge is 0.368 e. The van der Waals surface area contributed by atoms with Crippen molar-refractivity contribution in [2.75, 3.05) is 33.3 Å². The normalized spacial score (nSPS) is 27.3. The van der Waals surface area contributed by atoms with Crippen LogP contribution in [0.1, 0.15) is 17.5 Å². The molecular formula is C16H23N3O2. The number of pyridine rings is 1. The van der Waals surface area contributed by atoms with Crippen LogP contribution < -0.4 is 0 Å². The van der Waals surface area contributed by atoms with E-state index in [9.17, 15) is 4.79 Å². The molecule has 0 aliphatic carbocycles. The van der Waals surface area contributed by atoms with Crippen molar-refractivity contribution in [2.24, 2.45) is 5.92 Å². The molecule has 5 nitrogen and oxygen atoms in total. The van der Waals surface area contributed by atoms with Gasteiger partial charge in [-0.1, -0.05) is 6.07 Å². The second kappa shape index (κ2) is 6.12. The van der Waals surface area contributed by atoms with E-state index in [1.54, 1.807) is 0 Å². The number of fused-ring (bicyclic) bond motifs is 1. The highest BCUT2D eigenvalue weighted by molar-refractivity contribution is 5.77. The summed E-state index contributed by atoms with van der Waals surface area (Å²) in [5.74, 6) is 0.506. The zero-order valence-electron chi connectivity index (χ0n) is 12.8. The minimum Gasteiger partial charge on any atom is -0.368 e. The molecule has 0 saturated carbocycles. The average molecular weight is 289 g/mol. The first-order valence-electron chi connectivity index (χ1n) is 7.60. The van der Waals surface area contributed by atoms with E-state index in [1.807, 2.05) is 24.3 Å². The molecule has 2 aliphatic heterocycles. The lowest BCUT2D eigenvalue weighted by atomic mass is 9.94. The fraction of sp³-hybridized carbons (Fsp3) is 0.625. The number of carbonyl (C=O) groups excluding carboxylic acids is 1. The Morgan fingerprint density at radius 1 is 1.38 bits per heavy atom. The quantitative estimate of drug-likeness (QED) is 0.817. The van der Waals surface area contributed by atoms with Crippen LogP contribution in [-0.4, -0.2) is 60.1 Å². The number of aryl methyl sites for hydroxylation is 1. The standard InChI is InChI=1S/C16H23N3O2/c1-12-5-13(7-17-6-12)8-19-4-3-15-14(10-19)9-18(2)16(20)11-21-15/h5-7,14-15H,3-4,8-11H2,1-2H3/t14-,15-/m0/s1. The molecule has 0 bridgehead atoms. The van der Waals surface area contributed by atoms with Gasteiger partial charge in [-0.3, -0.25) is 14.7 Å². The van der Waals surface area contributed by atoms with Crippen LogP contribution in [0.2, 0.25) is 0 Å². The van der Waals surface area contributed by atoms with E-state index >= 15 is 0 Å². The predicted octanol–water partition coefficient (Wildman–Crippen LogP) is 1.07. The molecule has 0 radical (unpaired) electrons. The Kier molecular flexibility index (Phi) is 4.22. The molecule has 2 saturated heterocycles. The van der Waals surface area contributed by atoms with Crippen LogP contribution in [0, 0.1) is 12.8 Å². The highest BCUT2D eigenvalue weighted by Gasteiger charge is 2.34. The molecule has 0 unspecified atom stereocenters. The Hall–Kier alpha value is -1.46. The van der Waals surface area contributed by atoms with Crippen molar-refractivity contribution < 1.29 is 9.53 Å². The van der Waals surface area contributed by atoms with Gasteiger partial charge in [0.05, 0.1) is 6.10 Å². The number of carbonyl (C=O) groups is 1. The van der Waals surface area contributed by atoms with Gasteiger partial charge in [0, 0.05) is 51.5 Å². The maximum atomic E-state index is 11.7. The highest BCUT2D eigenvalue weighted by Crippen LogP contribution is 2.24. The van der Waals surface area contributed by atoms with E-state index in [1.165, 1.54) is 11.1 Å². The molecule has 3 rings (SSSR count). The lowest BCUT2D eigenvalue weighted by Gasteiger charge is -2.37. The smallest absolute Gasteiger partial charge is 0.248 e. The topological polar surface area (TPSA) is 45.7 Å². The van der Waals surface area contributed by atoms with Gasteiger partial charge in [0.1, 0.15) is 6.61 Å². The van der Waals surface area contributed by atoms with Crippen molar-refractivity contribution in [2.45, 2.75) is 26.0 Å². The molecule has 2 aliphatic rings. The summed E-state index contributed by atoms with van der Waals surface area (Å²) >= 11 is 0. The van der Waals surface area contributed by atoms with Crippen molar-refractivity contribution in [3.63, 3.8) is 0 Å². The molecular weight excluding hydrogens is 266 g/mol. The molecule has 5 heteroatoms. The first-order chi connectivity index (χ1) is 10.1. The van der Waals surface area contributed by atoms with Crippen LogP contribution >= 0.6 is 0 Å². The van der Waals surface area contributed by atoms with Crippen molar-refractivity contribution in [1.29, 1.82) is 0 Å². The summed E-state index contributed by atoms with van der Waals surface area (Å²) in [4.78, 5) is 20.3. The fourth-order valence-corrected chi connectivity index (χ4v) is 3.33. The Bertz CT molecular complexity index is 520. The van der Waals surface area contributed by atoms with Gasteiger partial charge in [0.25, 0.3) is 0 Å². The monoisotopic (exact) mass is 289 g/mol. The van der Waals surface area contributed by atoms with Gasteiger partial charge in [-0.15, -0.1) is 0 Å². The molecule has 0 spiro atoms. The lowest BCUT2D eigenvalue weighted by molar-refractivity contribution is -0.133. The first kappa shape index (κ1) is 14.5. The number of likely N-dealkylation sites (N-methyl/N-ethyl adjacent to an activating group) is 1. The Morgan fingerprint density at radius 3 is 3.05 bits per heavy atom. The zero-order valence-corrected chi connectivity index (χ0v) is 12.8. The third-order valence-electron chi connectivity index (χ3n) is 4.44. The van der Waals surface area contributed by atoms with E-state index < -0.39 is 0 Å². The van der Waals surface area contributed by atoms with Crippen LogP contribution in [-0.2, 0) is 16.1 Å². The molecule has 0 N–H and O–H groups in total. The van der Waals surface area contributed by atoms with E-state index in [0.29, 0.717) is 5.92 Å². The van der Waals surface area contributed by atoms with Gasteiger partial charge in [-0.05, 0) is 24.5 Å². The first-order valence-corrected chi connectivity index (χ1v) is 7.60. The Balaban J connectivity index is 1.64. The number of nitrogens with zero attached hydrogens (tertiary/aromatic N) is 3. The second-order valence-corrected chi connectivity index (χ2v) is 6.28. The van der Waals surface area contributed by atoms with Crippen LogP contribution in [0.4, 0.5) is 0 Å². The number of amides is 1. The summed E-state index contributed by atoms with van der Waals surface area (Å²) in [6.07, 6.45) is 5.06. The van der Waals surface area contributed by atoms with Gasteiger partial charge in [0.2, 0.25) is 5.91 Å². The Morgan fingerprint density at radius 2 is 2.24 bits per heavy atom. The van der Waals surface area contributed by atoms with Crippen molar-refractivity contribution in [3.8, 4) is 0 Å². The fourth-order valence-electron chi connectivity index (χ4n) is 3.33. The molecule has 21 heavy (non-hydrogen) atoms. The second-order valence-electron chi connectivity index (χ2n) is 6.28. The van der Waals surface area contributed by atoms with Gasteiger partial charge in [-0.25, -0.2) is 0 Å². The van der Waals surface area contributed by atoms with Crippen LogP contribution in [0.3, 0.4) is 0 Å². The van der Waals surface area contributed by atoms with Gasteiger partial charge >= 0.3 is 0 Å². The van der Waals surface area contributed by atoms with Gasteiger partial charge < -0.3 is 9.64 Å². The summed E-state index contributed by atoms with van der Waals surface area (Å²) in [6, 6.07) is 2.19. The van der Waals surface area contributed by atoms with Crippen molar-refractivity contribution in [3.05, 3.63) is 29.6 Å².